The Bertz CT molecular complexity index is 277. The molecule has 1 unspecified atom stereocenters. The first kappa shape index (κ1) is 10.9. The molecule has 74 valence electrons. The number of aromatic nitrogens is 2. The van der Waals surface area contributed by atoms with Gasteiger partial charge in [0.15, 0.2) is 0 Å². The maximum atomic E-state index is 6.24. The Hall–Kier alpha value is -0.150. The number of halogens is 1. The van der Waals surface area contributed by atoms with Gasteiger partial charge in [-0.05, 0) is 12.3 Å². The Balaban J connectivity index is 2.60. The van der Waals surface area contributed by atoms with E-state index in [1.807, 2.05) is 6.92 Å². The van der Waals surface area contributed by atoms with E-state index in [0.29, 0.717) is 0 Å². The summed E-state index contributed by atoms with van der Waals surface area (Å²) in [7, 11) is 0. The monoisotopic (exact) mass is 218 g/mol. The van der Waals surface area contributed by atoms with Crippen LogP contribution in [0.5, 0.6) is 0 Å². The maximum Gasteiger partial charge on any atom is 0.118 e. The fraction of sp³-hybridized carbons (Fsp3) is 0.778. The highest BCUT2D eigenvalue weighted by molar-refractivity contribution is 7.11. The van der Waals surface area contributed by atoms with Gasteiger partial charge in [0, 0.05) is 11.8 Å². The van der Waals surface area contributed by atoms with Gasteiger partial charge < -0.3 is 0 Å². The molecule has 0 aromatic carbocycles. The van der Waals surface area contributed by atoms with Crippen LogP contribution in [0.25, 0.3) is 0 Å². The number of aryl methyl sites for hydroxylation is 1. The molecule has 1 aromatic rings. The second-order valence-electron chi connectivity index (χ2n) is 4.25. The van der Waals surface area contributed by atoms with Crippen molar-refractivity contribution in [1.29, 1.82) is 0 Å². The predicted octanol–water partition coefficient (Wildman–Crippen LogP) is 3.04. The first-order valence-corrected chi connectivity index (χ1v) is 5.58. The standard InChI is InChI=1S/C9H15ClN2S/c1-6-11-12-8(13-6)5-7(10)9(2,3)4/h7H,5H2,1-4H3. The number of rotatable bonds is 2. The lowest BCUT2D eigenvalue weighted by molar-refractivity contribution is 0.386. The molecule has 0 saturated carbocycles. The van der Waals surface area contributed by atoms with Crippen LogP contribution in [0, 0.1) is 12.3 Å². The average molecular weight is 219 g/mol. The molecule has 13 heavy (non-hydrogen) atoms. The van der Waals surface area contributed by atoms with Gasteiger partial charge in [0.1, 0.15) is 10.0 Å². The van der Waals surface area contributed by atoms with Gasteiger partial charge in [-0.15, -0.1) is 33.1 Å². The quantitative estimate of drug-likeness (QED) is 0.714. The smallest absolute Gasteiger partial charge is 0.118 e. The fourth-order valence-electron chi connectivity index (χ4n) is 0.879. The summed E-state index contributed by atoms with van der Waals surface area (Å²) in [5, 5.41) is 10.2. The van der Waals surface area contributed by atoms with E-state index in [1.54, 1.807) is 11.3 Å². The first-order chi connectivity index (χ1) is 5.89. The van der Waals surface area contributed by atoms with Crippen LogP contribution in [0.3, 0.4) is 0 Å². The van der Waals surface area contributed by atoms with Crippen molar-refractivity contribution in [2.75, 3.05) is 0 Å². The summed E-state index contributed by atoms with van der Waals surface area (Å²) in [6.45, 7) is 8.37. The zero-order chi connectivity index (χ0) is 10.1. The zero-order valence-electron chi connectivity index (χ0n) is 8.47. The summed E-state index contributed by atoms with van der Waals surface area (Å²) in [5.41, 5.74) is 0.126. The Morgan fingerprint density at radius 1 is 1.38 bits per heavy atom. The van der Waals surface area contributed by atoms with Crippen molar-refractivity contribution in [2.45, 2.75) is 39.5 Å². The summed E-state index contributed by atoms with van der Waals surface area (Å²) < 4.78 is 0. The molecule has 1 atom stereocenters. The topological polar surface area (TPSA) is 25.8 Å². The Kier molecular flexibility index (Phi) is 3.30. The van der Waals surface area contributed by atoms with Gasteiger partial charge in [0.2, 0.25) is 0 Å². The molecule has 0 fully saturated rings. The molecular weight excluding hydrogens is 204 g/mol. The third-order valence-corrected chi connectivity index (χ3v) is 3.53. The minimum Gasteiger partial charge on any atom is -0.144 e. The predicted molar refractivity (Wildman–Crippen MR) is 57.4 cm³/mol. The van der Waals surface area contributed by atoms with Gasteiger partial charge in [-0.1, -0.05) is 20.8 Å². The lowest BCUT2D eigenvalue weighted by Crippen LogP contribution is -2.22. The number of hydrogen-bond donors (Lipinski definition) is 0. The summed E-state index contributed by atoms with van der Waals surface area (Å²) in [5.74, 6) is 0. The molecule has 4 heteroatoms. The van der Waals surface area contributed by atoms with Crippen molar-refractivity contribution in [3.05, 3.63) is 10.0 Å². The van der Waals surface area contributed by atoms with Crippen molar-refractivity contribution in [1.82, 2.24) is 10.2 Å². The van der Waals surface area contributed by atoms with Crippen LogP contribution < -0.4 is 0 Å². The van der Waals surface area contributed by atoms with Gasteiger partial charge in [0.25, 0.3) is 0 Å². The van der Waals surface area contributed by atoms with E-state index in [0.717, 1.165) is 16.4 Å². The van der Waals surface area contributed by atoms with Crippen molar-refractivity contribution in [3.8, 4) is 0 Å². The van der Waals surface area contributed by atoms with E-state index in [1.165, 1.54) is 0 Å². The fourth-order valence-corrected chi connectivity index (χ4v) is 1.87. The van der Waals surface area contributed by atoms with Gasteiger partial charge in [-0.2, -0.15) is 0 Å². The highest BCUT2D eigenvalue weighted by atomic mass is 35.5. The molecule has 0 aliphatic rings. The zero-order valence-corrected chi connectivity index (χ0v) is 10.0. The van der Waals surface area contributed by atoms with Crippen molar-refractivity contribution >= 4 is 22.9 Å². The molecule has 0 saturated heterocycles. The minimum atomic E-state index is 0.125. The van der Waals surface area contributed by atoms with Gasteiger partial charge in [-0.3, -0.25) is 0 Å². The van der Waals surface area contributed by atoms with Crippen LogP contribution in [0.1, 0.15) is 30.8 Å². The van der Waals surface area contributed by atoms with Gasteiger partial charge in [-0.25, -0.2) is 0 Å². The molecule has 0 N–H and O–H groups in total. The molecule has 0 aliphatic heterocycles. The largest absolute Gasteiger partial charge is 0.144 e. The first-order valence-electron chi connectivity index (χ1n) is 4.32. The van der Waals surface area contributed by atoms with E-state index in [2.05, 4.69) is 31.0 Å². The molecule has 0 amide bonds. The molecular formula is C9H15ClN2S. The molecule has 0 aliphatic carbocycles. The van der Waals surface area contributed by atoms with E-state index < -0.39 is 0 Å². The third-order valence-electron chi connectivity index (χ3n) is 1.86. The number of hydrogen-bond acceptors (Lipinski definition) is 3. The lowest BCUT2D eigenvalue weighted by Gasteiger charge is -2.23. The van der Waals surface area contributed by atoms with Crippen molar-refractivity contribution in [2.24, 2.45) is 5.41 Å². The maximum absolute atomic E-state index is 6.24. The Labute approximate surface area is 88.3 Å². The summed E-state index contributed by atoms with van der Waals surface area (Å²) >= 11 is 7.87. The molecule has 0 spiro atoms. The second-order valence-corrected chi connectivity index (χ2v) is 6.05. The van der Waals surface area contributed by atoms with Crippen LogP contribution in [-0.2, 0) is 6.42 Å². The molecule has 1 rings (SSSR count). The van der Waals surface area contributed by atoms with Crippen LogP contribution in [0.15, 0.2) is 0 Å². The lowest BCUT2D eigenvalue weighted by atomic mass is 9.90. The molecule has 1 aromatic heterocycles. The third kappa shape index (κ3) is 3.24. The Morgan fingerprint density at radius 3 is 2.38 bits per heavy atom. The van der Waals surface area contributed by atoms with E-state index >= 15 is 0 Å². The highest BCUT2D eigenvalue weighted by Gasteiger charge is 2.23. The number of nitrogens with zero attached hydrogens (tertiary/aromatic N) is 2. The van der Waals surface area contributed by atoms with Crippen molar-refractivity contribution < 1.29 is 0 Å². The van der Waals surface area contributed by atoms with Crippen LogP contribution in [0.2, 0.25) is 0 Å². The Morgan fingerprint density at radius 2 is 2.00 bits per heavy atom. The average Bonchev–Trinajstić information content (AvgIpc) is 2.33. The second kappa shape index (κ2) is 3.93. The van der Waals surface area contributed by atoms with E-state index in [-0.39, 0.29) is 10.8 Å². The van der Waals surface area contributed by atoms with Crippen LogP contribution >= 0.6 is 22.9 Å². The minimum absolute atomic E-state index is 0.125. The molecule has 0 radical (unpaired) electrons. The summed E-state index contributed by atoms with van der Waals surface area (Å²) in [4.78, 5) is 0. The SMILES string of the molecule is Cc1nnc(CC(Cl)C(C)(C)C)s1. The number of alkyl halides is 1. The van der Waals surface area contributed by atoms with Gasteiger partial charge in [0.05, 0.1) is 0 Å². The molecule has 2 nitrogen and oxygen atoms in total. The van der Waals surface area contributed by atoms with Crippen molar-refractivity contribution in [3.63, 3.8) is 0 Å². The van der Waals surface area contributed by atoms with E-state index in [4.69, 9.17) is 11.6 Å². The molecule has 1 heterocycles. The van der Waals surface area contributed by atoms with Crippen LogP contribution in [0.4, 0.5) is 0 Å². The highest BCUT2D eigenvalue weighted by Crippen LogP contribution is 2.28. The van der Waals surface area contributed by atoms with E-state index in [9.17, 15) is 0 Å². The van der Waals surface area contributed by atoms with Crippen LogP contribution in [-0.4, -0.2) is 15.6 Å². The van der Waals surface area contributed by atoms with Gasteiger partial charge >= 0.3 is 0 Å². The molecule has 0 bridgehead atoms. The summed E-state index contributed by atoms with van der Waals surface area (Å²) in [6, 6.07) is 0. The summed E-state index contributed by atoms with van der Waals surface area (Å²) in [6.07, 6.45) is 0.816. The normalized spacial score (nSPS) is 14.5.